The van der Waals surface area contributed by atoms with E-state index in [2.05, 4.69) is 10.6 Å². The zero-order valence-corrected chi connectivity index (χ0v) is 26.9. The van der Waals surface area contributed by atoms with Crippen molar-refractivity contribution in [1.29, 1.82) is 0 Å². The minimum absolute atomic E-state index is 0. The molecule has 0 aliphatic heterocycles. The maximum Gasteiger partial charge on any atom is 0.246 e. The van der Waals surface area contributed by atoms with Gasteiger partial charge in [-0.05, 0) is 57.9 Å². The fourth-order valence-corrected chi connectivity index (χ4v) is 3.45. The van der Waals surface area contributed by atoms with Crippen molar-refractivity contribution < 1.29 is 59.1 Å². The van der Waals surface area contributed by atoms with Crippen LogP contribution < -0.4 is 16.4 Å². The molecule has 0 aromatic rings. The molecule has 0 radical (unpaired) electrons. The number of nitrogens with two attached hydrogens (primary N) is 1. The quantitative estimate of drug-likeness (QED) is 0.0412. The van der Waals surface area contributed by atoms with Crippen molar-refractivity contribution in [3.8, 4) is 0 Å². The SMILES string of the molecule is CC(=O)N(O)CCCCCNC(=O)CCC(=O)N(O)CCCCCNC(=O)CCC(=O)N(O)CCCCCN.[Zn]. The molecule has 0 unspecified atom stereocenters. The summed E-state index contributed by atoms with van der Waals surface area (Å²) in [5, 5.41) is 36.1. The van der Waals surface area contributed by atoms with Crippen LogP contribution in [0.2, 0.25) is 0 Å². The Balaban J connectivity index is 0. The molecule has 0 fully saturated rings. The van der Waals surface area contributed by atoms with Crippen molar-refractivity contribution in [1.82, 2.24) is 25.8 Å². The van der Waals surface area contributed by atoms with E-state index in [-0.39, 0.29) is 76.6 Å². The second kappa shape index (κ2) is 25.8. The Morgan fingerprint density at radius 1 is 0.575 bits per heavy atom. The summed E-state index contributed by atoms with van der Waals surface area (Å²) < 4.78 is 0. The van der Waals surface area contributed by atoms with Crippen molar-refractivity contribution in [3.05, 3.63) is 0 Å². The molecule has 0 atom stereocenters. The monoisotopic (exact) mass is 624 g/mol. The normalized spacial score (nSPS) is 10.3. The predicted molar refractivity (Wildman–Crippen MR) is 141 cm³/mol. The van der Waals surface area contributed by atoms with Gasteiger partial charge in [-0.15, -0.1) is 0 Å². The molecule has 40 heavy (non-hydrogen) atoms. The Bertz CT molecular complexity index is 746. The number of carbonyl (C=O) groups is 5. The van der Waals surface area contributed by atoms with E-state index in [0.29, 0.717) is 73.3 Å². The molecule has 0 aliphatic rings. The van der Waals surface area contributed by atoms with Crippen molar-refractivity contribution in [3.63, 3.8) is 0 Å². The van der Waals surface area contributed by atoms with E-state index < -0.39 is 17.7 Å². The molecule has 0 bridgehead atoms. The molecule has 0 spiro atoms. The maximum atomic E-state index is 12.0. The average Bonchev–Trinajstić information content (AvgIpc) is 2.91. The number of nitrogens with zero attached hydrogens (tertiary/aromatic N) is 3. The molecule has 0 rings (SSSR count). The van der Waals surface area contributed by atoms with E-state index >= 15 is 0 Å². The molecule has 7 N–H and O–H groups in total. The summed E-state index contributed by atoms with van der Waals surface area (Å²) in [7, 11) is 0. The third-order valence-corrected chi connectivity index (χ3v) is 5.88. The Morgan fingerprint density at radius 2 is 0.950 bits per heavy atom. The van der Waals surface area contributed by atoms with Crippen LogP contribution in [0.15, 0.2) is 0 Å². The fraction of sp³-hybridized carbons (Fsp3) is 0.800. The van der Waals surface area contributed by atoms with Gasteiger partial charge in [-0.3, -0.25) is 39.6 Å². The zero-order chi connectivity index (χ0) is 29.5. The minimum atomic E-state index is -0.548. The van der Waals surface area contributed by atoms with Gasteiger partial charge in [0.25, 0.3) is 0 Å². The Labute approximate surface area is 249 Å². The second-order valence-electron chi connectivity index (χ2n) is 9.35. The van der Waals surface area contributed by atoms with Gasteiger partial charge in [0.05, 0.1) is 0 Å². The summed E-state index contributed by atoms with van der Waals surface area (Å²) in [5.74, 6) is -2.05. The molecule has 14 nitrogen and oxygen atoms in total. The molecule has 5 amide bonds. The number of unbranched alkanes of at least 4 members (excludes halogenated alkanes) is 6. The molecule has 0 aromatic carbocycles. The van der Waals surface area contributed by atoms with Crippen molar-refractivity contribution in [2.24, 2.45) is 5.73 Å². The van der Waals surface area contributed by atoms with Crippen LogP contribution in [0.25, 0.3) is 0 Å². The first-order valence-corrected chi connectivity index (χ1v) is 13.8. The second-order valence-corrected chi connectivity index (χ2v) is 9.35. The van der Waals surface area contributed by atoms with Crippen molar-refractivity contribution in [2.75, 3.05) is 39.3 Å². The third-order valence-electron chi connectivity index (χ3n) is 5.88. The summed E-state index contributed by atoms with van der Waals surface area (Å²) in [6, 6.07) is 0. The first-order chi connectivity index (χ1) is 18.6. The van der Waals surface area contributed by atoms with Crippen LogP contribution in [-0.2, 0) is 43.5 Å². The summed E-state index contributed by atoms with van der Waals surface area (Å²) in [6.07, 6.45) is 5.84. The Morgan fingerprint density at radius 3 is 1.32 bits per heavy atom. The maximum absolute atomic E-state index is 12.0. The van der Waals surface area contributed by atoms with E-state index in [1.54, 1.807) is 0 Å². The molecular formula is C25H48N6O8Zn. The van der Waals surface area contributed by atoms with Crippen LogP contribution in [0, 0.1) is 0 Å². The molecular weight excluding hydrogens is 578 g/mol. The average molecular weight is 626 g/mol. The summed E-state index contributed by atoms with van der Waals surface area (Å²) >= 11 is 0. The third kappa shape index (κ3) is 22.6. The van der Waals surface area contributed by atoms with Crippen molar-refractivity contribution >= 4 is 29.5 Å². The minimum Gasteiger partial charge on any atom is -0.356 e. The molecule has 15 heteroatoms. The van der Waals surface area contributed by atoms with Crippen LogP contribution in [0.1, 0.15) is 90.4 Å². The number of rotatable bonds is 23. The summed E-state index contributed by atoms with van der Waals surface area (Å²) in [4.78, 5) is 58.4. The number of hydrogen-bond donors (Lipinski definition) is 6. The number of hydrogen-bond acceptors (Lipinski definition) is 9. The molecule has 0 aromatic heterocycles. The van der Waals surface area contributed by atoms with E-state index in [0.717, 1.165) is 19.3 Å². The molecule has 228 valence electrons. The summed E-state index contributed by atoms with van der Waals surface area (Å²) in [5.41, 5.74) is 5.39. The first-order valence-electron chi connectivity index (χ1n) is 13.8. The van der Waals surface area contributed by atoms with E-state index in [1.807, 2.05) is 0 Å². The smallest absolute Gasteiger partial charge is 0.246 e. The number of nitrogens with one attached hydrogen (secondary N) is 2. The first kappa shape index (κ1) is 40.0. The van der Waals surface area contributed by atoms with Gasteiger partial charge in [-0.2, -0.15) is 0 Å². The van der Waals surface area contributed by atoms with E-state index in [4.69, 9.17) is 5.73 Å². The summed E-state index contributed by atoms with van der Waals surface area (Å²) in [6.45, 7) is 3.22. The van der Waals surface area contributed by atoms with E-state index in [1.165, 1.54) is 6.92 Å². The zero-order valence-electron chi connectivity index (χ0n) is 23.9. The van der Waals surface area contributed by atoms with Gasteiger partial charge in [0.1, 0.15) is 0 Å². The van der Waals surface area contributed by atoms with Gasteiger partial charge in [-0.25, -0.2) is 15.2 Å². The molecule has 0 heterocycles. The van der Waals surface area contributed by atoms with Gasteiger partial charge in [-0.1, -0.05) is 6.42 Å². The van der Waals surface area contributed by atoms with Gasteiger partial charge in [0.2, 0.25) is 29.5 Å². The largest absolute Gasteiger partial charge is 0.356 e. The Hall–Kier alpha value is -2.19. The van der Waals surface area contributed by atoms with Gasteiger partial charge >= 0.3 is 0 Å². The standard InChI is InChI=1S/C25H48N6O8.Zn/c1-21(32)29(37)18-9-3-6-16-27-22(33)12-14-25(36)31(39)20-10-4-7-17-28-23(34)11-13-24(35)30(38)19-8-2-5-15-26;/h37-39H,2-20,26H2,1H3,(H,27,33)(H,28,34);. The number of carbonyl (C=O) groups excluding carboxylic acids is 5. The Kier molecular flexibility index (Phi) is 25.7. The molecule has 0 saturated carbocycles. The fourth-order valence-electron chi connectivity index (χ4n) is 3.45. The van der Waals surface area contributed by atoms with Gasteiger partial charge < -0.3 is 16.4 Å². The van der Waals surface area contributed by atoms with E-state index in [9.17, 15) is 39.6 Å². The van der Waals surface area contributed by atoms with Crippen molar-refractivity contribution in [2.45, 2.75) is 90.4 Å². The van der Waals surface area contributed by atoms with Crippen LogP contribution in [0.3, 0.4) is 0 Å². The topological polar surface area (TPSA) is 206 Å². The molecule has 0 saturated heterocycles. The number of hydroxylamine groups is 6. The number of amides is 5. The van der Waals surface area contributed by atoms with Crippen LogP contribution in [-0.4, -0.2) is 99.6 Å². The van der Waals surface area contributed by atoms with Crippen LogP contribution in [0.4, 0.5) is 0 Å². The van der Waals surface area contributed by atoms with Gasteiger partial charge in [0, 0.05) is 84.8 Å². The van der Waals surface area contributed by atoms with Gasteiger partial charge in [0.15, 0.2) is 0 Å². The predicted octanol–water partition coefficient (Wildman–Crippen LogP) is 0.920. The van der Waals surface area contributed by atoms with Crippen LogP contribution >= 0.6 is 0 Å². The van der Waals surface area contributed by atoms with Crippen LogP contribution in [0.5, 0.6) is 0 Å². The molecule has 0 aliphatic carbocycles.